The number of methoxy groups -OCH3 is 2. The normalized spacial score (nSPS) is 21.9. The smallest absolute Gasteiger partial charge is 0.432 e. The molecule has 1 amide bonds. The minimum absolute atomic E-state index is 0.00800. The molecule has 2 fully saturated rings. The fourth-order valence-corrected chi connectivity index (χ4v) is 4.66. The van der Waals surface area contributed by atoms with Crippen molar-refractivity contribution in [2.24, 2.45) is 10.7 Å². The molecule has 3 heterocycles. The number of nitrogens with one attached hydrogen (secondary N) is 1. The zero-order valence-electron chi connectivity index (χ0n) is 19.7. The molecule has 0 aromatic heterocycles. The van der Waals surface area contributed by atoms with E-state index in [4.69, 9.17) is 15.2 Å². The Labute approximate surface area is 206 Å². The van der Waals surface area contributed by atoms with Gasteiger partial charge in [-0.1, -0.05) is 12.1 Å². The molecule has 2 aromatic rings. The van der Waals surface area contributed by atoms with Crippen LogP contribution in [0.15, 0.2) is 59.2 Å². The van der Waals surface area contributed by atoms with Crippen molar-refractivity contribution in [1.29, 1.82) is 0 Å². The number of carbonyl (C=O) groups excluding carboxylic acids is 1. The monoisotopic (exact) mass is 501 g/mol. The summed E-state index contributed by atoms with van der Waals surface area (Å²) in [5.74, 6) is 0.770. The summed E-state index contributed by atoms with van der Waals surface area (Å²) in [6.45, 7) is 1.04. The molecule has 0 aliphatic carbocycles. The highest BCUT2D eigenvalue weighted by Crippen LogP contribution is 2.40. The number of amides is 1. The van der Waals surface area contributed by atoms with Gasteiger partial charge in [-0.25, -0.2) is 5.43 Å². The predicted molar refractivity (Wildman–Crippen MR) is 127 cm³/mol. The minimum atomic E-state index is -4.59. The van der Waals surface area contributed by atoms with Gasteiger partial charge in [0.2, 0.25) is 0 Å². The Balaban J connectivity index is 1.40. The maximum absolute atomic E-state index is 14.0. The van der Waals surface area contributed by atoms with Crippen LogP contribution in [-0.4, -0.2) is 67.2 Å². The number of hydrogen-bond donors (Lipinski definition) is 2. The minimum Gasteiger partial charge on any atom is -0.493 e. The molecule has 3 aliphatic rings. The summed E-state index contributed by atoms with van der Waals surface area (Å²) in [5, 5.41) is 1.08. The number of hydrogen-bond acceptors (Lipinski definition) is 7. The van der Waals surface area contributed by atoms with Gasteiger partial charge in [-0.2, -0.15) is 13.2 Å². The molecule has 190 valence electrons. The van der Waals surface area contributed by atoms with E-state index >= 15 is 0 Å². The number of carbonyl (C=O) groups is 1. The third-order valence-electron chi connectivity index (χ3n) is 6.59. The first-order valence-corrected chi connectivity index (χ1v) is 11.5. The van der Waals surface area contributed by atoms with Crippen LogP contribution in [0.3, 0.4) is 0 Å². The van der Waals surface area contributed by atoms with E-state index in [-0.39, 0.29) is 17.7 Å². The van der Waals surface area contributed by atoms with Crippen molar-refractivity contribution in [3.8, 4) is 11.5 Å². The summed E-state index contributed by atoms with van der Waals surface area (Å²) < 4.78 is 52.7. The van der Waals surface area contributed by atoms with Crippen LogP contribution >= 0.6 is 0 Å². The quantitative estimate of drug-likeness (QED) is 0.655. The highest BCUT2D eigenvalue weighted by atomic mass is 19.4. The highest BCUT2D eigenvalue weighted by Gasteiger charge is 2.46. The highest BCUT2D eigenvalue weighted by molar-refractivity contribution is 6.10. The maximum atomic E-state index is 14.0. The van der Waals surface area contributed by atoms with Crippen LogP contribution < -0.4 is 20.6 Å². The number of nitrogens with zero attached hydrogens (tertiary/aromatic N) is 3. The number of rotatable bonds is 5. The number of ether oxygens (including phenoxy) is 2. The molecule has 2 aromatic carbocycles. The Hall–Kier alpha value is -3.57. The lowest BCUT2D eigenvalue weighted by atomic mass is 10.0. The molecule has 8 nitrogen and oxygen atoms in total. The van der Waals surface area contributed by atoms with Gasteiger partial charge in [-0.3, -0.25) is 14.8 Å². The molecule has 0 spiro atoms. The Morgan fingerprint density at radius 1 is 1.08 bits per heavy atom. The SMILES string of the molecule is COc1ccc(C2=NC3CC(c4ccc(C(=O)N5CC(N)C5)cc4)NN3C(C(F)(F)F)=C2)cc1OC. The molecule has 0 radical (unpaired) electrons. The Bertz CT molecular complexity index is 1220. The largest absolute Gasteiger partial charge is 0.493 e. The lowest BCUT2D eigenvalue weighted by Gasteiger charge is -2.36. The molecule has 36 heavy (non-hydrogen) atoms. The number of hydrazine groups is 1. The molecule has 5 rings (SSSR count). The van der Waals surface area contributed by atoms with Crippen LogP contribution in [0.1, 0.15) is 33.9 Å². The molecule has 2 unspecified atom stereocenters. The topological polar surface area (TPSA) is 92.4 Å². The van der Waals surface area contributed by atoms with Crippen LogP contribution in [0.5, 0.6) is 11.5 Å². The second-order valence-corrected chi connectivity index (χ2v) is 8.97. The molecule has 3 N–H and O–H groups in total. The van der Waals surface area contributed by atoms with Gasteiger partial charge in [0.05, 0.1) is 26.0 Å². The Kier molecular flexibility index (Phi) is 6.13. The molecule has 11 heteroatoms. The van der Waals surface area contributed by atoms with Crippen molar-refractivity contribution in [1.82, 2.24) is 15.3 Å². The van der Waals surface area contributed by atoms with Gasteiger partial charge in [-0.05, 0) is 42.0 Å². The van der Waals surface area contributed by atoms with Gasteiger partial charge in [0.1, 0.15) is 11.9 Å². The van der Waals surface area contributed by atoms with E-state index in [1.807, 2.05) is 0 Å². The molecule has 3 aliphatic heterocycles. The fourth-order valence-electron chi connectivity index (χ4n) is 4.66. The van der Waals surface area contributed by atoms with E-state index in [1.165, 1.54) is 14.2 Å². The van der Waals surface area contributed by atoms with Crippen LogP contribution in [-0.2, 0) is 0 Å². The first-order chi connectivity index (χ1) is 17.2. The predicted octanol–water partition coefficient (Wildman–Crippen LogP) is 3.01. The summed E-state index contributed by atoms with van der Waals surface area (Å²) in [6.07, 6.45) is -4.00. The van der Waals surface area contributed by atoms with Crippen LogP contribution in [0.25, 0.3) is 0 Å². The Morgan fingerprint density at radius 3 is 2.39 bits per heavy atom. The summed E-state index contributed by atoms with van der Waals surface area (Å²) in [5.41, 5.74) is 9.88. The Morgan fingerprint density at radius 2 is 1.78 bits per heavy atom. The summed E-state index contributed by atoms with van der Waals surface area (Å²) in [7, 11) is 2.95. The fraction of sp³-hybridized carbons (Fsp3) is 0.360. The van der Waals surface area contributed by atoms with Crippen molar-refractivity contribution in [3.05, 3.63) is 70.9 Å². The zero-order chi connectivity index (χ0) is 25.6. The van der Waals surface area contributed by atoms with Crippen molar-refractivity contribution >= 4 is 11.6 Å². The van der Waals surface area contributed by atoms with Crippen molar-refractivity contribution in [2.75, 3.05) is 27.3 Å². The number of benzene rings is 2. The van der Waals surface area contributed by atoms with Gasteiger partial charge >= 0.3 is 6.18 Å². The van der Waals surface area contributed by atoms with Crippen molar-refractivity contribution in [3.63, 3.8) is 0 Å². The van der Waals surface area contributed by atoms with E-state index in [0.717, 1.165) is 16.6 Å². The summed E-state index contributed by atoms with van der Waals surface area (Å²) in [6, 6.07) is 11.4. The molecule has 2 saturated heterocycles. The van der Waals surface area contributed by atoms with Crippen LogP contribution in [0, 0.1) is 0 Å². The van der Waals surface area contributed by atoms with Gasteiger partial charge < -0.3 is 20.1 Å². The van der Waals surface area contributed by atoms with Gasteiger partial charge in [0.25, 0.3) is 5.91 Å². The van der Waals surface area contributed by atoms with E-state index in [2.05, 4.69) is 10.4 Å². The van der Waals surface area contributed by atoms with Crippen LogP contribution in [0.2, 0.25) is 0 Å². The van der Waals surface area contributed by atoms with Gasteiger partial charge in [-0.15, -0.1) is 0 Å². The van der Waals surface area contributed by atoms with E-state index in [1.54, 1.807) is 47.4 Å². The van der Waals surface area contributed by atoms with Crippen LogP contribution in [0.4, 0.5) is 13.2 Å². The summed E-state index contributed by atoms with van der Waals surface area (Å²) in [4.78, 5) is 18.8. The number of nitrogens with two attached hydrogens (primary N) is 1. The molecular formula is C25H26F3N5O3. The standard InChI is InChI=1S/C25H26F3N5O3/c1-35-20-8-7-16(9-21(20)36-2)18-10-22(25(26,27)28)33-23(30-18)11-19(31-33)14-3-5-15(6-4-14)24(34)32-12-17(29)13-32/h3-10,17,19,23,31H,11-13,29H2,1-2H3. The second-order valence-electron chi connectivity index (χ2n) is 8.97. The number of alkyl halides is 3. The molecular weight excluding hydrogens is 475 g/mol. The number of aliphatic imine (C=N–C) groups is 1. The lowest BCUT2D eigenvalue weighted by Crippen LogP contribution is -2.57. The van der Waals surface area contributed by atoms with E-state index in [9.17, 15) is 18.0 Å². The van der Waals surface area contributed by atoms with E-state index in [0.29, 0.717) is 42.1 Å². The number of halogens is 3. The lowest BCUT2D eigenvalue weighted by molar-refractivity contribution is -0.117. The average molecular weight is 502 g/mol. The molecule has 0 bridgehead atoms. The molecule has 2 atom stereocenters. The third-order valence-corrected chi connectivity index (χ3v) is 6.59. The average Bonchev–Trinajstić information content (AvgIpc) is 3.29. The number of fused-ring (bicyclic) bond motifs is 1. The first kappa shape index (κ1) is 24.1. The van der Waals surface area contributed by atoms with Crippen molar-refractivity contribution in [2.45, 2.75) is 30.8 Å². The zero-order valence-corrected chi connectivity index (χ0v) is 19.7. The summed E-state index contributed by atoms with van der Waals surface area (Å²) >= 11 is 0. The van der Waals surface area contributed by atoms with Crippen molar-refractivity contribution < 1.29 is 27.4 Å². The van der Waals surface area contributed by atoms with Gasteiger partial charge in [0.15, 0.2) is 11.5 Å². The van der Waals surface area contributed by atoms with Gasteiger partial charge in [0, 0.05) is 36.7 Å². The van der Waals surface area contributed by atoms with E-state index < -0.39 is 24.1 Å². The third kappa shape index (κ3) is 4.40. The first-order valence-electron chi connectivity index (χ1n) is 11.5. The second kappa shape index (κ2) is 9.14. The molecule has 0 saturated carbocycles. The number of allylic oxidation sites excluding steroid dienone is 2. The maximum Gasteiger partial charge on any atom is 0.432 e. The number of likely N-dealkylation sites (tertiary alicyclic amines) is 1.